The van der Waals surface area contributed by atoms with Crippen LogP contribution in [0.2, 0.25) is 0 Å². The van der Waals surface area contributed by atoms with Gasteiger partial charge in [0.2, 0.25) is 0 Å². The van der Waals surface area contributed by atoms with Crippen LogP contribution < -0.4 is 9.47 Å². The molecule has 0 aromatic heterocycles. The minimum Gasteiger partial charge on any atom is -0.493 e. The number of carbonyl (C=O) groups is 2. The molecule has 0 aliphatic heterocycles. The lowest BCUT2D eigenvalue weighted by molar-refractivity contribution is 0.0734. The summed E-state index contributed by atoms with van der Waals surface area (Å²) < 4.78 is 10.9. The normalized spacial score (nSPS) is 10.7. The number of rotatable bonds is 7. The standard InChI is InChI=1S/C25H22O4/c1-3-28-24-7-5-4-6-20(24)14-17-23(26)19-12-15-22(16-13-19)29-25(27)21-10-8-18(2)9-11-21/h4-17H,3H2,1-2H3/b17-14+. The lowest BCUT2D eigenvalue weighted by Crippen LogP contribution is -2.08. The fraction of sp³-hybridized carbons (Fsp3) is 0.120. The van der Waals surface area contributed by atoms with E-state index in [9.17, 15) is 9.59 Å². The van der Waals surface area contributed by atoms with Crippen molar-refractivity contribution in [2.24, 2.45) is 0 Å². The van der Waals surface area contributed by atoms with E-state index in [-0.39, 0.29) is 5.78 Å². The lowest BCUT2D eigenvalue weighted by atomic mass is 10.1. The summed E-state index contributed by atoms with van der Waals surface area (Å²) in [4.78, 5) is 24.6. The van der Waals surface area contributed by atoms with E-state index in [0.717, 1.165) is 16.9 Å². The molecule has 0 amide bonds. The maximum atomic E-state index is 12.4. The van der Waals surface area contributed by atoms with Gasteiger partial charge in [0.15, 0.2) is 5.78 Å². The molecule has 0 heterocycles. The zero-order chi connectivity index (χ0) is 20.6. The topological polar surface area (TPSA) is 52.6 Å². The number of ether oxygens (including phenoxy) is 2. The van der Waals surface area contributed by atoms with Gasteiger partial charge < -0.3 is 9.47 Å². The van der Waals surface area contributed by atoms with Crippen molar-refractivity contribution in [1.82, 2.24) is 0 Å². The minimum atomic E-state index is -0.434. The third-order valence-electron chi connectivity index (χ3n) is 4.27. The number of hydrogen-bond acceptors (Lipinski definition) is 4. The molecule has 4 heteroatoms. The first-order valence-electron chi connectivity index (χ1n) is 9.40. The number of hydrogen-bond donors (Lipinski definition) is 0. The van der Waals surface area contributed by atoms with E-state index in [1.807, 2.05) is 50.2 Å². The summed E-state index contributed by atoms with van der Waals surface area (Å²) in [5.74, 6) is 0.541. The summed E-state index contributed by atoms with van der Waals surface area (Å²) in [5.41, 5.74) is 2.89. The highest BCUT2D eigenvalue weighted by atomic mass is 16.5. The van der Waals surface area contributed by atoms with Crippen molar-refractivity contribution >= 4 is 17.8 Å². The van der Waals surface area contributed by atoms with Crippen LogP contribution in [0, 0.1) is 6.92 Å². The van der Waals surface area contributed by atoms with E-state index in [0.29, 0.717) is 23.5 Å². The summed E-state index contributed by atoms with van der Waals surface area (Å²) in [6, 6.07) is 21.2. The first-order chi connectivity index (χ1) is 14.1. The molecule has 146 valence electrons. The van der Waals surface area contributed by atoms with Crippen molar-refractivity contribution in [2.75, 3.05) is 6.61 Å². The summed E-state index contributed by atoms with van der Waals surface area (Å²) in [6.07, 6.45) is 3.24. The number of allylic oxidation sites excluding steroid dienone is 1. The Morgan fingerprint density at radius 3 is 2.21 bits per heavy atom. The van der Waals surface area contributed by atoms with Gasteiger partial charge in [-0.3, -0.25) is 4.79 Å². The summed E-state index contributed by atoms with van der Waals surface area (Å²) in [6.45, 7) is 4.43. The zero-order valence-corrected chi connectivity index (χ0v) is 16.4. The molecule has 4 nitrogen and oxygen atoms in total. The van der Waals surface area contributed by atoms with Crippen LogP contribution in [0.25, 0.3) is 6.08 Å². The third kappa shape index (κ3) is 5.42. The van der Waals surface area contributed by atoms with Gasteiger partial charge in [0.05, 0.1) is 12.2 Å². The summed E-state index contributed by atoms with van der Waals surface area (Å²) in [5, 5.41) is 0. The predicted molar refractivity (Wildman–Crippen MR) is 114 cm³/mol. The molecule has 0 unspecified atom stereocenters. The molecule has 3 aromatic carbocycles. The largest absolute Gasteiger partial charge is 0.493 e. The minimum absolute atomic E-state index is 0.146. The molecule has 0 radical (unpaired) electrons. The summed E-state index contributed by atoms with van der Waals surface area (Å²) in [7, 11) is 0. The van der Waals surface area contributed by atoms with E-state index in [1.165, 1.54) is 6.08 Å². The molecular formula is C25H22O4. The highest BCUT2D eigenvalue weighted by molar-refractivity contribution is 6.07. The number of aryl methyl sites for hydroxylation is 1. The molecule has 0 aliphatic rings. The molecule has 29 heavy (non-hydrogen) atoms. The number of carbonyl (C=O) groups excluding carboxylic acids is 2. The molecule has 3 rings (SSSR count). The second-order valence-electron chi connectivity index (χ2n) is 6.45. The molecule has 0 saturated heterocycles. The second-order valence-corrected chi connectivity index (χ2v) is 6.45. The molecule has 0 saturated carbocycles. The Hall–Kier alpha value is -3.66. The van der Waals surface area contributed by atoms with E-state index in [1.54, 1.807) is 42.5 Å². The maximum absolute atomic E-state index is 12.4. The first kappa shape index (κ1) is 20.1. The van der Waals surface area contributed by atoms with E-state index in [4.69, 9.17) is 9.47 Å². The quantitative estimate of drug-likeness (QED) is 0.233. The van der Waals surface area contributed by atoms with Gasteiger partial charge in [-0.2, -0.15) is 0 Å². The Labute approximate surface area is 170 Å². The fourth-order valence-electron chi connectivity index (χ4n) is 2.71. The van der Waals surface area contributed by atoms with Crippen molar-refractivity contribution in [2.45, 2.75) is 13.8 Å². The van der Waals surface area contributed by atoms with Gasteiger partial charge >= 0.3 is 5.97 Å². The number of esters is 1. The highest BCUT2D eigenvalue weighted by Crippen LogP contribution is 2.20. The van der Waals surface area contributed by atoms with Crippen LogP contribution >= 0.6 is 0 Å². The molecule has 3 aromatic rings. The van der Waals surface area contributed by atoms with Gasteiger partial charge in [0.1, 0.15) is 11.5 Å². The van der Waals surface area contributed by atoms with Crippen molar-refractivity contribution in [3.63, 3.8) is 0 Å². The van der Waals surface area contributed by atoms with E-state index in [2.05, 4.69) is 0 Å². The summed E-state index contributed by atoms with van der Waals surface area (Å²) >= 11 is 0. The Morgan fingerprint density at radius 2 is 1.52 bits per heavy atom. The van der Waals surface area contributed by atoms with Crippen LogP contribution in [0.15, 0.2) is 78.9 Å². The van der Waals surface area contributed by atoms with Crippen LogP contribution in [-0.2, 0) is 0 Å². The van der Waals surface area contributed by atoms with Gasteiger partial charge in [0, 0.05) is 11.1 Å². The van der Waals surface area contributed by atoms with Crippen LogP contribution in [0.4, 0.5) is 0 Å². The number of para-hydroxylation sites is 1. The van der Waals surface area contributed by atoms with Gasteiger partial charge in [-0.05, 0) is 68.5 Å². The molecule has 0 aliphatic carbocycles. The fourth-order valence-corrected chi connectivity index (χ4v) is 2.71. The monoisotopic (exact) mass is 386 g/mol. The Bertz CT molecular complexity index is 1020. The average molecular weight is 386 g/mol. The first-order valence-corrected chi connectivity index (χ1v) is 9.40. The van der Waals surface area contributed by atoms with Gasteiger partial charge in [0.25, 0.3) is 0 Å². The van der Waals surface area contributed by atoms with Crippen molar-refractivity contribution in [1.29, 1.82) is 0 Å². The van der Waals surface area contributed by atoms with Crippen molar-refractivity contribution in [3.8, 4) is 11.5 Å². The van der Waals surface area contributed by atoms with Crippen LogP contribution in [0.3, 0.4) is 0 Å². The molecule has 0 N–H and O–H groups in total. The smallest absolute Gasteiger partial charge is 0.343 e. The molecule has 0 atom stereocenters. The Balaban J connectivity index is 1.66. The Kier molecular flexibility index (Phi) is 6.59. The SMILES string of the molecule is CCOc1ccccc1/C=C/C(=O)c1ccc(OC(=O)c2ccc(C)cc2)cc1. The number of benzene rings is 3. The molecular weight excluding hydrogens is 364 g/mol. The van der Waals surface area contributed by atoms with Crippen LogP contribution in [0.5, 0.6) is 11.5 Å². The average Bonchev–Trinajstić information content (AvgIpc) is 2.74. The van der Waals surface area contributed by atoms with Crippen LogP contribution in [0.1, 0.15) is 38.8 Å². The molecule has 0 spiro atoms. The van der Waals surface area contributed by atoms with Gasteiger partial charge in [-0.1, -0.05) is 35.9 Å². The maximum Gasteiger partial charge on any atom is 0.343 e. The van der Waals surface area contributed by atoms with Crippen molar-refractivity contribution in [3.05, 3.63) is 101 Å². The third-order valence-corrected chi connectivity index (χ3v) is 4.27. The van der Waals surface area contributed by atoms with Crippen molar-refractivity contribution < 1.29 is 19.1 Å². The lowest BCUT2D eigenvalue weighted by Gasteiger charge is -2.06. The Morgan fingerprint density at radius 1 is 0.862 bits per heavy atom. The zero-order valence-electron chi connectivity index (χ0n) is 16.4. The predicted octanol–water partition coefficient (Wildman–Crippen LogP) is 5.51. The van der Waals surface area contributed by atoms with Gasteiger partial charge in [-0.25, -0.2) is 4.79 Å². The molecule has 0 bridgehead atoms. The molecule has 0 fully saturated rings. The van der Waals surface area contributed by atoms with E-state index >= 15 is 0 Å². The highest BCUT2D eigenvalue weighted by Gasteiger charge is 2.09. The van der Waals surface area contributed by atoms with Gasteiger partial charge in [-0.15, -0.1) is 0 Å². The van der Waals surface area contributed by atoms with Crippen LogP contribution in [-0.4, -0.2) is 18.4 Å². The van der Waals surface area contributed by atoms with E-state index < -0.39 is 5.97 Å². The second kappa shape index (κ2) is 9.51. The number of ketones is 1.